The maximum atomic E-state index is 12.2. The van der Waals surface area contributed by atoms with E-state index in [4.69, 9.17) is 17.3 Å². The van der Waals surface area contributed by atoms with Crippen LogP contribution in [0.2, 0.25) is 5.02 Å². The van der Waals surface area contributed by atoms with E-state index in [0.29, 0.717) is 22.0 Å². The maximum absolute atomic E-state index is 12.2. The molecular formula is C14H12BrClN2O. The predicted octanol–water partition coefficient (Wildman–Crippen LogP) is 4.25. The minimum Gasteiger partial charge on any atom is -0.398 e. The fraction of sp³-hybridized carbons (Fsp3) is 0.0714. The lowest BCUT2D eigenvalue weighted by atomic mass is 10.1. The minimum absolute atomic E-state index is 0.260. The van der Waals surface area contributed by atoms with Gasteiger partial charge in [-0.2, -0.15) is 0 Å². The first-order valence-corrected chi connectivity index (χ1v) is 6.77. The highest BCUT2D eigenvalue weighted by atomic mass is 79.9. The van der Waals surface area contributed by atoms with E-state index in [-0.39, 0.29) is 5.91 Å². The molecule has 2 aromatic rings. The van der Waals surface area contributed by atoms with Crippen molar-refractivity contribution >= 4 is 44.8 Å². The number of nitrogens with two attached hydrogens (primary N) is 1. The third-order valence-electron chi connectivity index (χ3n) is 2.78. The predicted molar refractivity (Wildman–Crippen MR) is 82.7 cm³/mol. The van der Waals surface area contributed by atoms with Crippen LogP contribution in [0, 0.1) is 6.92 Å². The molecule has 0 aromatic heterocycles. The van der Waals surface area contributed by atoms with E-state index in [9.17, 15) is 4.79 Å². The van der Waals surface area contributed by atoms with Crippen molar-refractivity contribution in [2.75, 3.05) is 11.1 Å². The average molecular weight is 340 g/mol. The Morgan fingerprint density at radius 3 is 2.79 bits per heavy atom. The zero-order valence-electron chi connectivity index (χ0n) is 10.2. The van der Waals surface area contributed by atoms with Crippen LogP contribution < -0.4 is 11.1 Å². The molecule has 0 unspecified atom stereocenters. The summed E-state index contributed by atoms with van der Waals surface area (Å²) < 4.78 is 0.801. The molecule has 0 aliphatic carbocycles. The third kappa shape index (κ3) is 3.08. The number of rotatable bonds is 2. The average Bonchev–Trinajstić information content (AvgIpc) is 2.38. The molecule has 3 nitrogen and oxygen atoms in total. The Hall–Kier alpha value is -1.52. The van der Waals surface area contributed by atoms with Gasteiger partial charge in [0.25, 0.3) is 5.91 Å². The van der Waals surface area contributed by atoms with Gasteiger partial charge < -0.3 is 11.1 Å². The Morgan fingerprint density at radius 2 is 2.05 bits per heavy atom. The lowest BCUT2D eigenvalue weighted by Crippen LogP contribution is -2.14. The number of nitrogens with one attached hydrogen (secondary N) is 1. The van der Waals surface area contributed by atoms with Gasteiger partial charge in [-0.25, -0.2) is 0 Å². The van der Waals surface area contributed by atoms with E-state index >= 15 is 0 Å². The molecule has 0 saturated heterocycles. The molecule has 0 bridgehead atoms. The lowest BCUT2D eigenvalue weighted by molar-refractivity contribution is 0.102. The van der Waals surface area contributed by atoms with Crippen molar-refractivity contribution in [3.63, 3.8) is 0 Å². The molecule has 2 rings (SSSR count). The summed E-state index contributed by atoms with van der Waals surface area (Å²) in [5.41, 5.74) is 8.16. The van der Waals surface area contributed by atoms with Crippen LogP contribution in [0.25, 0.3) is 0 Å². The van der Waals surface area contributed by atoms with Crippen LogP contribution in [-0.4, -0.2) is 5.91 Å². The summed E-state index contributed by atoms with van der Waals surface area (Å²) in [5, 5.41) is 3.42. The SMILES string of the molecule is Cc1c(Cl)cccc1NC(=O)c1cc(Br)ccc1N. The number of hydrogen-bond acceptors (Lipinski definition) is 2. The highest BCUT2D eigenvalue weighted by Gasteiger charge is 2.12. The Bertz CT molecular complexity index is 643. The minimum atomic E-state index is -0.260. The molecule has 2 aromatic carbocycles. The Kier molecular flexibility index (Phi) is 4.12. The fourth-order valence-corrected chi connectivity index (χ4v) is 2.19. The van der Waals surface area contributed by atoms with Crippen molar-refractivity contribution in [3.05, 3.63) is 57.0 Å². The fourth-order valence-electron chi connectivity index (χ4n) is 1.66. The van der Waals surface area contributed by atoms with Crippen LogP contribution in [0.1, 0.15) is 15.9 Å². The summed E-state index contributed by atoms with van der Waals surface area (Å²) in [6, 6.07) is 10.5. The highest BCUT2D eigenvalue weighted by molar-refractivity contribution is 9.10. The highest BCUT2D eigenvalue weighted by Crippen LogP contribution is 2.25. The van der Waals surface area contributed by atoms with Gasteiger partial charge in [0.2, 0.25) is 0 Å². The molecule has 98 valence electrons. The van der Waals surface area contributed by atoms with Crippen LogP contribution in [0.3, 0.4) is 0 Å². The molecule has 0 spiro atoms. The quantitative estimate of drug-likeness (QED) is 0.804. The van der Waals surface area contributed by atoms with Crippen molar-refractivity contribution in [3.8, 4) is 0 Å². The van der Waals surface area contributed by atoms with Gasteiger partial charge in [-0.1, -0.05) is 33.6 Å². The van der Waals surface area contributed by atoms with Crippen LogP contribution in [0.15, 0.2) is 40.9 Å². The summed E-state index contributed by atoms with van der Waals surface area (Å²) in [5.74, 6) is -0.260. The number of nitrogen functional groups attached to an aromatic ring is 1. The lowest BCUT2D eigenvalue weighted by Gasteiger charge is -2.11. The normalized spacial score (nSPS) is 10.3. The monoisotopic (exact) mass is 338 g/mol. The van der Waals surface area contributed by atoms with Gasteiger partial charge in [0.15, 0.2) is 0 Å². The van der Waals surface area contributed by atoms with Crippen molar-refractivity contribution < 1.29 is 4.79 Å². The number of carbonyl (C=O) groups excluding carboxylic acids is 1. The van der Waals surface area contributed by atoms with Crippen molar-refractivity contribution in [1.82, 2.24) is 0 Å². The standard InChI is InChI=1S/C14H12BrClN2O/c1-8-11(16)3-2-4-13(8)18-14(19)10-7-9(15)5-6-12(10)17/h2-7H,17H2,1H3,(H,18,19). The summed E-state index contributed by atoms with van der Waals surface area (Å²) in [4.78, 5) is 12.2. The van der Waals surface area contributed by atoms with Crippen molar-refractivity contribution in [2.24, 2.45) is 0 Å². The van der Waals surface area contributed by atoms with Gasteiger partial charge in [0.1, 0.15) is 0 Å². The molecule has 5 heteroatoms. The summed E-state index contributed by atoms with van der Waals surface area (Å²) in [7, 11) is 0. The van der Waals surface area contributed by atoms with Crippen LogP contribution in [0.5, 0.6) is 0 Å². The van der Waals surface area contributed by atoms with Gasteiger partial charge in [0, 0.05) is 20.9 Å². The number of anilines is 2. The molecular weight excluding hydrogens is 328 g/mol. The number of amides is 1. The number of halogens is 2. The van der Waals surface area contributed by atoms with Crippen molar-refractivity contribution in [1.29, 1.82) is 0 Å². The molecule has 19 heavy (non-hydrogen) atoms. The van der Waals surface area contributed by atoms with Gasteiger partial charge in [0.05, 0.1) is 5.56 Å². The second-order valence-corrected chi connectivity index (χ2v) is 5.42. The molecule has 0 heterocycles. The van der Waals surface area contributed by atoms with E-state index < -0.39 is 0 Å². The second-order valence-electron chi connectivity index (χ2n) is 4.10. The molecule has 0 radical (unpaired) electrons. The zero-order chi connectivity index (χ0) is 14.0. The van der Waals surface area contributed by atoms with Gasteiger partial charge >= 0.3 is 0 Å². The molecule has 0 fully saturated rings. The van der Waals surface area contributed by atoms with E-state index in [0.717, 1.165) is 10.0 Å². The van der Waals surface area contributed by atoms with Gasteiger partial charge in [-0.05, 0) is 42.8 Å². The Morgan fingerprint density at radius 1 is 1.32 bits per heavy atom. The molecule has 0 atom stereocenters. The number of hydrogen-bond donors (Lipinski definition) is 2. The Balaban J connectivity index is 2.31. The topological polar surface area (TPSA) is 55.1 Å². The summed E-state index contributed by atoms with van der Waals surface area (Å²) >= 11 is 9.34. The first kappa shape index (κ1) is 13.9. The van der Waals surface area contributed by atoms with E-state index in [2.05, 4.69) is 21.2 Å². The van der Waals surface area contributed by atoms with Crippen LogP contribution in [0.4, 0.5) is 11.4 Å². The second kappa shape index (κ2) is 5.63. The van der Waals surface area contributed by atoms with Gasteiger partial charge in [-0.3, -0.25) is 4.79 Å². The van der Waals surface area contributed by atoms with E-state index in [1.54, 1.807) is 36.4 Å². The van der Waals surface area contributed by atoms with Crippen LogP contribution >= 0.6 is 27.5 Å². The molecule has 0 aliphatic heterocycles. The van der Waals surface area contributed by atoms with Crippen LogP contribution in [-0.2, 0) is 0 Å². The summed E-state index contributed by atoms with van der Waals surface area (Å²) in [6.07, 6.45) is 0. The van der Waals surface area contributed by atoms with Crippen molar-refractivity contribution in [2.45, 2.75) is 6.92 Å². The van der Waals surface area contributed by atoms with E-state index in [1.165, 1.54) is 0 Å². The molecule has 1 amide bonds. The molecule has 0 saturated carbocycles. The third-order valence-corrected chi connectivity index (χ3v) is 3.68. The summed E-state index contributed by atoms with van der Waals surface area (Å²) in [6.45, 7) is 1.85. The van der Waals surface area contributed by atoms with Gasteiger partial charge in [-0.15, -0.1) is 0 Å². The zero-order valence-corrected chi connectivity index (χ0v) is 12.5. The first-order valence-electron chi connectivity index (χ1n) is 5.60. The molecule has 0 aliphatic rings. The Labute approximate surface area is 124 Å². The molecule has 3 N–H and O–H groups in total. The van der Waals surface area contributed by atoms with E-state index in [1.807, 2.05) is 6.92 Å². The maximum Gasteiger partial charge on any atom is 0.257 e. The first-order chi connectivity index (χ1) is 8.99. The number of benzene rings is 2. The smallest absolute Gasteiger partial charge is 0.257 e. The largest absolute Gasteiger partial charge is 0.398 e. The number of carbonyl (C=O) groups is 1.